The molecule has 0 aromatic carbocycles. The normalized spacial score (nSPS) is 37.0. The molecule has 4 rings (SSSR count). The predicted octanol–water partition coefficient (Wildman–Crippen LogP) is 0.669. The summed E-state index contributed by atoms with van der Waals surface area (Å²) in [7, 11) is 0. The summed E-state index contributed by atoms with van der Waals surface area (Å²) < 4.78 is 0. The van der Waals surface area contributed by atoms with Gasteiger partial charge >= 0.3 is 0 Å². The minimum absolute atomic E-state index is 0.0191. The topological polar surface area (TPSA) is 99.2 Å². The summed E-state index contributed by atoms with van der Waals surface area (Å²) in [6.07, 6.45) is 6.90. The fourth-order valence-corrected chi connectivity index (χ4v) is 4.38. The van der Waals surface area contributed by atoms with Crippen LogP contribution >= 0.6 is 0 Å². The first-order chi connectivity index (χ1) is 10.5. The van der Waals surface area contributed by atoms with E-state index in [1.165, 1.54) is 0 Å². The van der Waals surface area contributed by atoms with Gasteiger partial charge in [0.25, 0.3) is 0 Å². The molecule has 1 saturated heterocycles. The first-order valence-electron chi connectivity index (χ1n) is 8.24. The molecule has 0 aromatic rings. The Hall–Kier alpha value is -1.61. The number of fused-ring (bicyclic) bond motifs is 3. The van der Waals surface area contributed by atoms with Crippen LogP contribution in [0.15, 0.2) is 0 Å². The SMILES string of the molecule is N#CC1CCCN1C(=O)CNC12CCC(C(N)=O)(CC1)CC2. The van der Waals surface area contributed by atoms with Crippen molar-refractivity contribution in [3.8, 4) is 6.07 Å². The molecule has 2 bridgehead atoms. The van der Waals surface area contributed by atoms with E-state index in [1.807, 2.05) is 0 Å². The molecule has 6 heteroatoms. The van der Waals surface area contributed by atoms with Crippen LogP contribution in [-0.2, 0) is 9.59 Å². The Morgan fingerprint density at radius 2 is 1.86 bits per heavy atom. The summed E-state index contributed by atoms with van der Waals surface area (Å²) in [6, 6.07) is 1.95. The summed E-state index contributed by atoms with van der Waals surface area (Å²) >= 11 is 0. The van der Waals surface area contributed by atoms with E-state index in [0.29, 0.717) is 13.1 Å². The Kier molecular flexibility index (Phi) is 3.85. The van der Waals surface area contributed by atoms with Crippen molar-refractivity contribution in [1.29, 1.82) is 5.26 Å². The van der Waals surface area contributed by atoms with Gasteiger partial charge in [-0.05, 0) is 51.4 Å². The Morgan fingerprint density at radius 3 is 2.41 bits per heavy atom. The quantitative estimate of drug-likeness (QED) is 0.797. The Morgan fingerprint density at radius 1 is 1.23 bits per heavy atom. The van der Waals surface area contributed by atoms with Crippen LogP contribution in [0, 0.1) is 16.7 Å². The first kappa shape index (κ1) is 15.3. The average molecular weight is 304 g/mol. The van der Waals surface area contributed by atoms with E-state index in [1.54, 1.807) is 4.90 Å². The number of amides is 2. The van der Waals surface area contributed by atoms with Crippen molar-refractivity contribution in [3.63, 3.8) is 0 Å². The van der Waals surface area contributed by atoms with E-state index < -0.39 is 0 Å². The molecule has 1 heterocycles. The lowest BCUT2D eigenvalue weighted by atomic mass is 9.57. The van der Waals surface area contributed by atoms with Crippen molar-refractivity contribution in [1.82, 2.24) is 10.2 Å². The summed E-state index contributed by atoms with van der Waals surface area (Å²) in [4.78, 5) is 25.7. The Balaban J connectivity index is 1.56. The lowest BCUT2D eigenvalue weighted by Gasteiger charge is -2.52. The van der Waals surface area contributed by atoms with E-state index in [4.69, 9.17) is 11.0 Å². The van der Waals surface area contributed by atoms with E-state index in [-0.39, 0.29) is 28.8 Å². The number of hydrogen-bond acceptors (Lipinski definition) is 4. The molecule has 3 aliphatic carbocycles. The zero-order chi connectivity index (χ0) is 15.8. The Labute approximate surface area is 131 Å². The molecule has 4 fully saturated rings. The summed E-state index contributed by atoms with van der Waals surface area (Å²) in [6.45, 7) is 0.984. The van der Waals surface area contributed by atoms with Crippen molar-refractivity contribution < 1.29 is 9.59 Å². The monoisotopic (exact) mass is 304 g/mol. The molecule has 2 amide bonds. The second-order valence-electron chi connectivity index (χ2n) is 7.15. The van der Waals surface area contributed by atoms with Crippen molar-refractivity contribution in [2.24, 2.45) is 11.1 Å². The number of carbonyl (C=O) groups excluding carboxylic acids is 2. The number of primary amides is 1. The average Bonchev–Trinajstić information content (AvgIpc) is 3.03. The van der Waals surface area contributed by atoms with Crippen LogP contribution in [0.1, 0.15) is 51.4 Å². The maximum atomic E-state index is 12.3. The number of carbonyl (C=O) groups is 2. The van der Waals surface area contributed by atoms with Crippen LogP contribution in [0.3, 0.4) is 0 Å². The maximum absolute atomic E-state index is 12.3. The van der Waals surface area contributed by atoms with Gasteiger partial charge in [-0.15, -0.1) is 0 Å². The molecular formula is C16H24N4O2. The molecule has 4 aliphatic rings. The molecule has 0 radical (unpaired) electrons. The van der Waals surface area contributed by atoms with E-state index in [2.05, 4.69) is 11.4 Å². The lowest BCUT2D eigenvalue weighted by Crippen LogP contribution is -2.59. The first-order valence-corrected chi connectivity index (χ1v) is 8.24. The number of nitriles is 1. The number of nitrogens with two attached hydrogens (primary N) is 1. The van der Waals surface area contributed by atoms with Gasteiger partial charge < -0.3 is 16.0 Å². The molecule has 22 heavy (non-hydrogen) atoms. The third-order valence-corrected chi connectivity index (χ3v) is 6.11. The highest BCUT2D eigenvalue weighted by molar-refractivity contribution is 5.81. The highest BCUT2D eigenvalue weighted by Crippen LogP contribution is 2.52. The van der Waals surface area contributed by atoms with Crippen LogP contribution in [0.5, 0.6) is 0 Å². The third-order valence-electron chi connectivity index (χ3n) is 6.11. The fraction of sp³-hybridized carbons (Fsp3) is 0.812. The van der Waals surface area contributed by atoms with Crippen LogP contribution in [0.2, 0.25) is 0 Å². The number of hydrogen-bond donors (Lipinski definition) is 2. The lowest BCUT2D eigenvalue weighted by molar-refractivity contribution is -0.136. The van der Waals surface area contributed by atoms with Gasteiger partial charge in [0.05, 0.1) is 12.6 Å². The molecule has 1 aliphatic heterocycles. The van der Waals surface area contributed by atoms with Gasteiger partial charge in [0.15, 0.2) is 0 Å². The van der Waals surface area contributed by atoms with Crippen molar-refractivity contribution in [2.75, 3.05) is 13.1 Å². The minimum Gasteiger partial charge on any atom is -0.369 e. The highest BCUT2D eigenvalue weighted by Gasteiger charge is 2.51. The third kappa shape index (κ3) is 2.48. The van der Waals surface area contributed by atoms with Crippen molar-refractivity contribution in [3.05, 3.63) is 0 Å². The second-order valence-corrected chi connectivity index (χ2v) is 7.15. The number of likely N-dealkylation sites (tertiary alicyclic amines) is 1. The van der Waals surface area contributed by atoms with Crippen LogP contribution in [0.4, 0.5) is 0 Å². The molecular weight excluding hydrogens is 280 g/mol. The van der Waals surface area contributed by atoms with Crippen LogP contribution in [0.25, 0.3) is 0 Å². The van der Waals surface area contributed by atoms with Gasteiger partial charge in [0.1, 0.15) is 6.04 Å². The second kappa shape index (κ2) is 5.54. The molecule has 3 N–H and O–H groups in total. The standard InChI is InChI=1S/C16H24N4O2/c17-10-12-2-1-9-20(12)13(21)11-19-16-6-3-15(4-7-16,5-8-16)14(18)22/h12,19H,1-9,11H2,(H2,18,22). The van der Waals surface area contributed by atoms with Crippen molar-refractivity contribution >= 4 is 11.8 Å². The molecule has 1 unspecified atom stereocenters. The zero-order valence-corrected chi connectivity index (χ0v) is 12.9. The molecule has 0 spiro atoms. The van der Waals surface area contributed by atoms with Crippen molar-refractivity contribution in [2.45, 2.75) is 62.9 Å². The van der Waals surface area contributed by atoms with Gasteiger partial charge in [0, 0.05) is 17.5 Å². The van der Waals surface area contributed by atoms with E-state index in [9.17, 15) is 9.59 Å². The number of rotatable bonds is 4. The number of nitrogens with zero attached hydrogens (tertiary/aromatic N) is 2. The Bertz CT molecular complexity index is 500. The van der Waals surface area contributed by atoms with Gasteiger partial charge in [-0.25, -0.2) is 0 Å². The van der Waals surface area contributed by atoms with Gasteiger partial charge in [0.2, 0.25) is 11.8 Å². The predicted molar refractivity (Wildman–Crippen MR) is 80.4 cm³/mol. The minimum atomic E-state index is -0.297. The largest absolute Gasteiger partial charge is 0.369 e. The molecule has 6 nitrogen and oxygen atoms in total. The smallest absolute Gasteiger partial charge is 0.237 e. The molecule has 120 valence electrons. The fourth-order valence-electron chi connectivity index (χ4n) is 4.38. The summed E-state index contributed by atoms with van der Waals surface area (Å²) in [5.41, 5.74) is 5.25. The van der Waals surface area contributed by atoms with E-state index in [0.717, 1.165) is 51.4 Å². The van der Waals surface area contributed by atoms with Gasteiger partial charge in [-0.3, -0.25) is 9.59 Å². The van der Waals surface area contributed by atoms with Gasteiger partial charge in [-0.1, -0.05) is 0 Å². The maximum Gasteiger partial charge on any atom is 0.237 e. The van der Waals surface area contributed by atoms with Gasteiger partial charge in [-0.2, -0.15) is 5.26 Å². The molecule has 3 saturated carbocycles. The molecule has 1 atom stereocenters. The summed E-state index contributed by atoms with van der Waals surface area (Å²) in [5.74, 6) is -0.137. The highest BCUT2D eigenvalue weighted by atomic mass is 16.2. The zero-order valence-electron chi connectivity index (χ0n) is 12.9. The molecule has 0 aromatic heterocycles. The van der Waals surface area contributed by atoms with Crippen LogP contribution < -0.4 is 11.1 Å². The van der Waals surface area contributed by atoms with Crippen LogP contribution in [-0.4, -0.2) is 41.4 Å². The summed E-state index contributed by atoms with van der Waals surface area (Å²) in [5, 5.41) is 12.5. The van der Waals surface area contributed by atoms with E-state index >= 15 is 0 Å². The number of nitrogens with one attached hydrogen (secondary N) is 1.